The first kappa shape index (κ1) is 16.5. The summed E-state index contributed by atoms with van der Waals surface area (Å²) in [7, 11) is -3.58. The lowest BCUT2D eigenvalue weighted by molar-refractivity contribution is 0.424. The summed E-state index contributed by atoms with van der Waals surface area (Å²) in [6.45, 7) is 4.53. The number of halogens is 1. The molecule has 1 saturated carbocycles. The van der Waals surface area contributed by atoms with E-state index in [0.717, 1.165) is 12.8 Å². The molecule has 1 fully saturated rings. The van der Waals surface area contributed by atoms with Crippen molar-refractivity contribution in [2.24, 2.45) is 5.92 Å². The summed E-state index contributed by atoms with van der Waals surface area (Å²) in [6.07, 6.45) is 5.88. The van der Waals surface area contributed by atoms with E-state index >= 15 is 0 Å². The molecule has 7 heteroatoms. The van der Waals surface area contributed by atoms with Crippen molar-refractivity contribution in [1.82, 2.24) is 9.71 Å². The molecule has 0 radical (unpaired) electrons. The molecule has 0 amide bonds. The summed E-state index contributed by atoms with van der Waals surface area (Å²) in [5.41, 5.74) is 0. The van der Waals surface area contributed by atoms with Crippen LogP contribution in [0.2, 0.25) is 5.02 Å². The Morgan fingerprint density at radius 3 is 2.67 bits per heavy atom. The molecular weight excluding hydrogens is 310 g/mol. The molecule has 1 unspecified atom stereocenters. The van der Waals surface area contributed by atoms with Crippen LogP contribution in [-0.4, -0.2) is 26.0 Å². The largest absolute Gasteiger partial charge is 0.369 e. The maximum Gasteiger partial charge on any atom is 0.242 e. The van der Waals surface area contributed by atoms with Crippen molar-refractivity contribution in [3.05, 3.63) is 17.3 Å². The highest BCUT2D eigenvalue weighted by Gasteiger charge is 2.26. The van der Waals surface area contributed by atoms with Gasteiger partial charge in [-0.2, -0.15) is 0 Å². The van der Waals surface area contributed by atoms with Crippen molar-refractivity contribution in [3.8, 4) is 0 Å². The van der Waals surface area contributed by atoms with Crippen LogP contribution in [0.1, 0.15) is 39.5 Å². The minimum Gasteiger partial charge on any atom is -0.369 e. The second-order valence-electron chi connectivity index (χ2n) is 5.49. The van der Waals surface area contributed by atoms with Gasteiger partial charge >= 0.3 is 0 Å². The topological polar surface area (TPSA) is 71.1 Å². The van der Waals surface area contributed by atoms with E-state index in [1.165, 1.54) is 25.1 Å². The molecule has 1 aliphatic rings. The van der Waals surface area contributed by atoms with Gasteiger partial charge in [0.15, 0.2) is 0 Å². The van der Waals surface area contributed by atoms with Gasteiger partial charge in [0.25, 0.3) is 0 Å². The SMILES string of the molecule is CCNc1ncc(S(=O)(=O)NC(C)C2CCCC2)cc1Cl. The zero-order valence-corrected chi connectivity index (χ0v) is 14.0. The predicted octanol–water partition coefficient (Wildman–Crippen LogP) is 3.02. The van der Waals surface area contributed by atoms with E-state index < -0.39 is 10.0 Å². The van der Waals surface area contributed by atoms with Crippen molar-refractivity contribution >= 4 is 27.4 Å². The van der Waals surface area contributed by atoms with Crippen LogP contribution in [0, 0.1) is 5.92 Å². The molecule has 0 bridgehead atoms. The molecule has 1 aliphatic carbocycles. The van der Waals surface area contributed by atoms with E-state index in [-0.39, 0.29) is 10.9 Å². The van der Waals surface area contributed by atoms with E-state index in [0.29, 0.717) is 23.3 Å². The average Bonchev–Trinajstić information content (AvgIpc) is 2.95. The van der Waals surface area contributed by atoms with E-state index in [4.69, 9.17) is 11.6 Å². The van der Waals surface area contributed by atoms with Crippen LogP contribution in [0.4, 0.5) is 5.82 Å². The molecule has 21 heavy (non-hydrogen) atoms. The van der Waals surface area contributed by atoms with Gasteiger partial charge in [-0.25, -0.2) is 18.1 Å². The lowest BCUT2D eigenvalue weighted by Gasteiger charge is -2.20. The number of nitrogens with zero attached hydrogens (tertiary/aromatic N) is 1. The highest BCUT2D eigenvalue weighted by atomic mass is 35.5. The van der Waals surface area contributed by atoms with Crippen molar-refractivity contribution in [2.45, 2.75) is 50.5 Å². The summed E-state index contributed by atoms with van der Waals surface area (Å²) in [6, 6.07) is 1.38. The van der Waals surface area contributed by atoms with Crippen LogP contribution in [0.3, 0.4) is 0 Å². The molecule has 1 aromatic heterocycles. The first-order valence-electron chi connectivity index (χ1n) is 7.35. The summed E-state index contributed by atoms with van der Waals surface area (Å²) in [5, 5.41) is 3.29. The van der Waals surface area contributed by atoms with Gasteiger partial charge in [-0.15, -0.1) is 0 Å². The molecule has 0 aromatic carbocycles. The number of pyridine rings is 1. The first-order chi connectivity index (χ1) is 9.94. The van der Waals surface area contributed by atoms with Crippen LogP contribution in [0.15, 0.2) is 17.2 Å². The smallest absolute Gasteiger partial charge is 0.242 e. The van der Waals surface area contributed by atoms with Crippen LogP contribution in [0.5, 0.6) is 0 Å². The number of rotatable bonds is 6. The fraction of sp³-hybridized carbons (Fsp3) is 0.643. The van der Waals surface area contributed by atoms with Gasteiger partial charge in [-0.3, -0.25) is 0 Å². The summed E-state index contributed by atoms with van der Waals surface area (Å²) >= 11 is 6.06. The molecule has 1 aromatic rings. The van der Waals surface area contributed by atoms with Crippen LogP contribution >= 0.6 is 11.6 Å². The Balaban J connectivity index is 2.13. The van der Waals surface area contributed by atoms with E-state index in [9.17, 15) is 8.42 Å². The highest BCUT2D eigenvalue weighted by molar-refractivity contribution is 7.89. The number of anilines is 1. The zero-order valence-electron chi connectivity index (χ0n) is 12.4. The normalized spacial score (nSPS) is 17.9. The van der Waals surface area contributed by atoms with Gasteiger partial charge in [0.05, 0.1) is 5.02 Å². The Kier molecular flexibility index (Phi) is 5.46. The Labute approximate surface area is 131 Å². The fourth-order valence-electron chi connectivity index (χ4n) is 2.73. The van der Waals surface area contributed by atoms with Crippen molar-refractivity contribution < 1.29 is 8.42 Å². The fourth-order valence-corrected chi connectivity index (χ4v) is 4.31. The third-order valence-corrected chi connectivity index (χ3v) is 5.73. The third-order valence-electron chi connectivity index (χ3n) is 3.92. The van der Waals surface area contributed by atoms with Gasteiger partial charge in [0.1, 0.15) is 10.7 Å². The Morgan fingerprint density at radius 1 is 1.43 bits per heavy atom. The Hall–Kier alpha value is -0.850. The van der Waals surface area contributed by atoms with Gasteiger partial charge in [-0.1, -0.05) is 24.4 Å². The average molecular weight is 332 g/mol. The molecule has 118 valence electrons. The molecule has 2 N–H and O–H groups in total. The molecule has 1 atom stereocenters. The minimum absolute atomic E-state index is 0.0651. The van der Waals surface area contributed by atoms with Crippen molar-refractivity contribution in [3.63, 3.8) is 0 Å². The van der Waals surface area contributed by atoms with Crippen LogP contribution in [0.25, 0.3) is 0 Å². The Bertz CT molecular complexity index is 586. The number of nitrogens with one attached hydrogen (secondary N) is 2. The predicted molar refractivity (Wildman–Crippen MR) is 85.2 cm³/mol. The molecule has 1 heterocycles. The molecule has 2 rings (SSSR count). The Morgan fingerprint density at radius 2 is 2.10 bits per heavy atom. The quantitative estimate of drug-likeness (QED) is 0.840. The number of aromatic nitrogens is 1. The highest BCUT2D eigenvalue weighted by Crippen LogP contribution is 2.29. The zero-order chi connectivity index (χ0) is 15.5. The summed E-state index contributed by atoms with van der Waals surface area (Å²) in [5.74, 6) is 0.922. The lowest BCUT2D eigenvalue weighted by atomic mass is 10.0. The summed E-state index contributed by atoms with van der Waals surface area (Å²) in [4.78, 5) is 4.19. The van der Waals surface area contributed by atoms with E-state index in [2.05, 4.69) is 15.0 Å². The maximum absolute atomic E-state index is 12.4. The summed E-state index contributed by atoms with van der Waals surface area (Å²) < 4.78 is 27.5. The van der Waals surface area contributed by atoms with Gasteiger partial charge in [0.2, 0.25) is 10.0 Å². The standard InChI is InChI=1S/C14H22ClN3O2S/c1-3-16-14-13(15)8-12(9-17-14)21(19,20)18-10(2)11-6-4-5-7-11/h8-11,18H,3-7H2,1-2H3,(H,16,17). The molecule has 0 spiro atoms. The lowest BCUT2D eigenvalue weighted by Crippen LogP contribution is -2.37. The molecule has 5 nitrogen and oxygen atoms in total. The molecular formula is C14H22ClN3O2S. The van der Waals surface area contributed by atoms with Gasteiger partial charge in [0, 0.05) is 18.8 Å². The first-order valence-corrected chi connectivity index (χ1v) is 9.22. The number of sulfonamides is 1. The van der Waals surface area contributed by atoms with Crippen molar-refractivity contribution in [1.29, 1.82) is 0 Å². The monoisotopic (exact) mass is 331 g/mol. The van der Waals surface area contributed by atoms with Gasteiger partial charge in [-0.05, 0) is 38.7 Å². The maximum atomic E-state index is 12.4. The number of hydrogen-bond donors (Lipinski definition) is 2. The number of hydrogen-bond acceptors (Lipinski definition) is 4. The second-order valence-corrected chi connectivity index (χ2v) is 7.61. The van der Waals surface area contributed by atoms with Gasteiger partial charge < -0.3 is 5.32 Å². The van der Waals surface area contributed by atoms with Crippen LogP contribution in [-0.2, 0) is 10.0 Å². The molecule has 0 saturated heterocycles. The van der Waals surface area contributed by atoms with E-state index in [1.54, 1.807) is 0 Å². The minimum atomic E-state index is -3.58. The van der Waals surface area contributed by atoms with Crippen molar-refractivity contribution in [2.75, 3.05) is 11.9 Å². The van der Waals surface area contributed by atoms with E-state index in [1.807, 2.05) is 13.8 Å². The second kappa shape index (κ2) is 6.94. The third kappa shape index (κ3) is 4.08. The van der Waals surface area contributed by atoms with Crippen LogP contribution < -0.4 is 10.0 Å². The molecule has 0 aliphatic heterocycles.